The molecule has 0 bridgehead atoms. The first-order valence-electron chi connectivity index (χ1n) is 4.51. The molecule has 1 N–H and O–H groups in total. The molecule has 5 heteroatoms. The van der Waals surface area contributed by atoms with Gasteiger partial charge < -0.3 is 14.8 Å². The van der Waals surface area contributed by atoms with Crippen LogP contribution in [0, 0.1) is 0 Å². The number of imidazole rings is 1. The van der Waals surface area contributed by atoms with Crippen LogP contribution in [0.3, 0.4) is 0 Å². The van der Waals surface area contributed by atoms with Crippen molar-refractivity contribution in [2.45, 2.75) is 6.42 Å². The normalized spacial score (nSPS) is 9.93. The van der Waals surface area contributed by atoms with E-state index in [0.717, 1.165) is 12.1 Å². The van der Waals surface area contributed by atoms with E-state index in [1.165, 1.54) is 4.90 Å². The van der Waals surface area contributed by atoms with Crippen LogP contribution < -0.4 is 5.32 Å². The lowest BCUT2D eigenvalue weighted by Gasteiger charge is -2.10. The summed E-state index contributed by atoms with van der Waals surface area (Å²) in [5.74, 6) is 0. The number of hydrogen-bond acceptors (Lipinski definition) is 2. The van der Waals surface area contributed by atoms with Gasteiger partial charge in [-0.15, -0.1) is 0 Å². The molecule has 0 spiro atoms. The predicted molar refractivity (Wildman–Crippen MR) is 54.0 cm³/mol. The van der Waals surface area contributed by atoms with E-state index in [9.17, 15) is 4.79 Å². The molecule has 1 heterocycles. The number of hydrogen-bond donors (Lipinski definition) is 1. The maximum absolute atomic E-state index is 11.1. The number of carbonyl (C=O) groups is 1. The van der Waals surface area contributed by atoms with E-state index in [0.29, 0.717) is 6.54 Å². The molecule has 0 saturated heterocycles. The second-order valence-electron chi connectivity index (χ2n) is 3.41. The number of aryl methyl sites for hydroxylation is 1. The molecule has 0 aromatic carbocycles. The number of amides is 2. The molecular weight excluding hydrogens is 180 g/mol. The molecule has 14 heavy (non-hydrogen) atoms. The molecule has 5 nitrogen and oxygen atoms in total. The van der Waals surface area contributed by atoms with E-state index in [1.54, 1.807) is 20.4 Å². The van der Waals surface area contributed by atoms with Gasteiger partial charge in [-0.1, -0.05) is 0 Å². The van der Waals surface area contributed by atoms with Crippen molar-refractivity contribution in [1.29, 1.82) is 0 Å². The maximum atomic E-state index is 11.1. The summed E-state index contributed by atoms with van der Waals surface area (Å²) in [4.78, 5) is 16.8. The number of urea groups is 1. The van der Waals surface area contributed by atoms with Crippen LogP contribution in [0.1, 0.15) is 5.69 Å². The van der Waals surface area contributed by atoms with Crippen molar-refractivity contribution in [3.8, 4) is 0 Å². The topological polar surface area (TPSA) is 50.2 Å². The van der Waals surface area contributed by atoms with Gasteiger partial charge in [-0.3, -0.25) is 0 Å². The van der Waals surface area contributed by atoms with Crippen LogP contribution in [0.15, 0.2) is 12.5 Å². The van der Waals surface area contributed by atoms with E-state index >= 15 is 0 Å². The van der Waals surface area contributed by atoms with Gasteiger partial charge in [0.25, 0.3) is 0 Å². The van der Waals surface area contributed by atoms with E-state index in [-0.39, 0.29) is 6.03 Å². The fourth-order valence-corrected chi connectivity index (χ4v) is 1.05. The highest BCUT2D eigenvalue weighted by Crippen LogP contribution is 1.93. The molecule has 1 aromatic rings. The largest absolute Gasteiger partial charge is 0.340 e. The second kappa shape index (κ2) is 4.64. The van der Waals surface area contributed by atoms with Crippen molar-refractivity contribution in [3.05, 3.63) is 18.2 Å². The Morgan fingerprint density at radius 3 is 2.86 bits per heavy atom. The van der Waals surface area contributed by atoms with Gasteiger partial charge in [0.1, 0.15) is 0 Å². The summed E-state index contributed by atoms with van der Waals surface area (Å²) in [5, 5.41) is 2.78. The van der Waals surface area contributed by atoms with E-state index in [1.807, 2.05) is 17.8 Å². The molecule has 0 aliphatic carbocycles. The number of nitrogens with zero attached hydrogens (tertiary/aromatic N) is 3. The van der Waals surface area contributed by atoms with Gasteiger partial charge in [-0.2, -0.15) is 0 Å². The second-order valence-corrected chi connectivity index (χ2v) is 3.41. The van der Waals surface area contributed by atoms with Crippen LogP contribution in [-0.4, -0.2) is 41.1 Å². The minimum atomic E-state index is -0.0686. The summed E-state index contributed by atoms with van der Waals surface area (Å²) in [7, 11) is 5.36. The van der Waals surface area contributed by atoms with Gasteiger partial charge in [-0.05, 0) is 0 Å². The number of nitrogens with one attached hydrogen (secondary N) is 1. The van der Waals surface area contributed by atoms with Crippen LogP contribution in [0.5, 0.6) is 0 Å². The first-order valence-corrected chi connectivity index (χ1v) is 4.51. The lowest BCUT2D eigenvalue weighted by Crippen LogP contribution is -2.35. The Morgan fingerprint density at radius 1 is 1.64 bits per heavy atom. The smallest absolute Gasteiger partial charge is 0.316 e. The molecule has 0 unspecified atom stereocenters. The van der Waals surface area contributed by atoms with E-state index in [4.69, 9.17) is 0 Å². The minimum Gasteiger partial charge on any atom is -0.340 e. The molecule has 0 atom stereocenters. The Balaban J connectivity index is 2.25. The molecule has 2 amide bonds. The Bertz CT molecular complexity index is 306. The zero-order valence-corrected chi connectivity index (χ0v) is 8.82. The molecule has 1 aromatic heterocycles. The van der Waals surface area contributed by atoms with Crippen molar-refractivity contribution in [3.63, 3.8) is 0 Å². The van der Waals surface area contributed by atoms with Gasteiger partial charge in [0.05, 0.1) is 12.0 Å². The predicted octanol–water partition coefficient (Wildman–Crippen LogP) is 0.234. The summed E-state index contributed by atoms with van der Waals surface area (Å²) in [6.07, 6.45) is 4.46. The summed E-state index contributed by atoms with van der Waals surface area (Å²) in [6.45, 7) is 0.619. The standard InChI is InChI=1S/C9H16N4O/c1-12(2)9(14)10-5-4-8-6-13(3)7-11-8/h6-7H,4-5H2,1-3H3,(H,10,14). The molecule has 0 saturated carbocycles. The Kier molecular flexibility index (Phi) is 3.50. The lowest BCUT2D eigenvalue weighted by atomic mass is 10.3. The number of rotatable bonds is 3. The monoisotopic (exact) mass is 196 g/mol. The van der Waals surface area contributed by atoms with Crippen molar-refractivity contribution in [2.24, 2.45) is 7.05 Å². The van der Waals surface area contributed by atoms with E-state index in [2.05, 4.69) is 10.3 Å². The first-order chi connectivity index (χ1) is 6.59. The Labute approximate surface area is 83.7 Å². The molecule has 0 aliphatic heterocycles. The highest BCUT2D eigenvalue weighted by Gasteiger charge is 2.02. The fraction of sp³-hybridized carbons (Fsp3) is 0.556. The highest BCUT2D eigenvalue weighted by atomic mass is 16.2. The summed E-state index contributed by atoms with van der Waals surface area (Å²) >= 11 is 0. The lowest BCUT2D eigenvalue weighted by molar-refractivity contribution is 0.217. The van der Waals surface area contributed by atoms with Crippen LogP contribution in [0.2, 0.25) is 0 Å². The third-order valence-corrected chi connectivity index (χ3v) is 1.82. The summed E-state index contributed by atoms with van der Waals surface area (Å²) in [5.41, 5.74) is 0.992. The van der Waals surface area contributed by atoms with Crippen molar-refractivity contribution >= 4 is 6.03 Å². The Morgan fingerprint density at radius 2 is 2.36 bits per heavy atom. The van der Waals surface area contributed by atoms with Gasteiger partial charge in [-0.25, -0.2) is 9.78 Å². The minimum absolute atomic E-state index is 0.0686. The quantitative estimate of drug-likeness (QED) is 0.752. The van der Waals surface area contributed by atoms with Crippen molar-refractivity contribution in [2.75, 3.05) is 20.6 Å². The first kappa shape index (κ1) is 10.6. The average molecular weight is 196 g/mol. The average Bonchev–Trinajstić information content (AvgIpc) is 2.51. The zero-order valence-electron chi connectivity index (χ0n) is 8.82. The van der Waals surface area contributed by atoms with Crippen LogP contribution in [0.25, 0.3) is 0 Å². The third-order valence-electron chi connectivity index (χ3n) is 1.82. The SMILES string of the molecule is CN(C)C(=O)NCCc1cn(C)cn1. The maximum Gasteiger partial charge on any atom is 0.316 e. The molecule has 1 rings (SSSR count). The number of aromatic nitrogens is 2. The fourth-order valence-electron chi connectivity index (χ4n) is 1.05. The van der Waals surface area contributed by atoms with Crippen LogP contribution in [-0.2, 0) is 13.5 Å². The van der Waals surface area contributed by atoms with E-state index < -0.39 is 0 Å². The third kappa shape index (κ3) is 3.08. The van der Waals surface area contributed by atoms with Crippen molar-refractivity contribution < 1.29 is 4.79 Å². The Hall–Kier alpha value is -1.52. The molecule has 0 aliphatic rings. The molecule has 0 fully saturated rings. The van der Waals surface area contributed by atoms with Crippen molar-refractivity contribution in [1.82, 2.24) is 19.8 Å². The molecular formula is C9H16N4O. The van der Waals surface area contributed by atoms with Crippen LogP contribution >= 0.6 is 0 Å². The zero-order chi connectivity index (χ0) is 10.6. The number of carbonyl (C=O) groups excluding carboxylic acids is 1. The van der Waals surface area contributed by atoms with Crippen LogP contribution in [0.4, 0.5) is 4.79 Å². The van der Waals surface area contributed by atoms with Gasteiger partial charge in [0.2, 0.25) is 0 Å². The van der Waals surface area contributed by atoms with Gasteiger partial charge >= 0.3 is 6.03 Å². The van der Waals surface area contributed by atoms with Gasteiger partial charge in [0, 0.05) is 40.3 Å². The molecule has 0 radical (unpaired) electrons. The van der Waals surface area contributed by atoms with Gasteiger partial charge in [0.15, 0.2) is 0 Å². The molecule has 78 valence electrons. The summed E-state index contributed by atoms with van der Waals surface area (Å²) in [6, 6.07) is -0.0686. The summed E-state index contributed by atoms with van der Waals surface area (Å²) < 4.78 is 1.89. The highest BCUT2D eigenvalue weighted by molar-refractivity contribution is 5.73.